The molecule has 0 radical (unpaired) electrons. The maximum absolute atomic E-state index is 11.1. The Morgan fingerprint density at radius 1 is 0.800 bits per heavy atom. The summed E-state index contributed by atoms with van der Waals surface area (Å²) in [5.74, 6) is 3.29. The Hall–Kier alpha value is -0.420. The fourth-order valence-electron chi connectivity index (χ4n) is 14.0. The molecule has 0 amide bonds. The third kappa shape index (κ3) is 3.58. The van der Waals surface area contributed by atoms with Gasteiger partial charge in [0.15, 0.2) is 0 Å². The van der Waals surface area contributed by atoms with Gasteiger partial charge in [-0.1, -0.05) is 41.2 Å². The average Bonchev–Trinajstić information content (AvgIpc) is 3.33. The summed E-state index contributed by atoms with van der Waals surface area (Å²) in [6, 6.07) is 0. The highest BCUT2D eigenvalue weighted by molar-refractivity contribution is 5.22. The van der Waals surface area contributed by atoms with Crippen LogP contribution in [0.2, 0.25) is 0 Å². The monoisotopic (exact) mass is 553 g/mol. The molecule has 5 aliphatic carbocycles. The van der Waals surface area contributed by atoms with Gasteiger partial charge in [0.2, 0.25) is 0 Å². The first-order valence-electron chi connectivity index (χ1n) is 17.4. The van der Waals surface area contributed by atoms with Crippen LogP contribution in [0.5, 0.6) is 0 Å². The molecule has 40 heavy (non-hydrogen) atoms. The molecule has 8 fully saturated rings. The maximum atomic E-state index is 11.1. The smallest absolute Gasteiger partial charge is 0.100 e. The maximum Gasteiger partial charge on any atom is 0.100 e. The fraction of sp³-hybridized carbons (Fsp3) is 0.944. The van der Waals surface area contributed by atoms with Crippen molar-refractivity contribution in [2.45, 2.75) is 105 Å². The molecule has 5 saturated carbocycles. The number of fused-ring (bicyclic) bond motifs is 10. The molecule has 0 aromatic heterocycles. The molecule has 4 heteroatoms. The molecule has 0 aromatic carbocycles. The van der Waals surface area contributed by atoms with Gasteiger partial charge in [0, 0.05) is 26.2 Å². The van der Waals surface area contributed by atoms with Gasteiger partial charge in [-0.15, -0.1) is 0 Å². The van der Waals surface area contributed by atoms with Crippen molar-refractivity contribution in [3.8, 4) is 0 Å². The lowest BCUT2D eigenvalue weighted by Crippen LogP contribution is -2.68. The summed E-state index contributed by atoms with van der Waals surface area (Å²) in [5, 5.41) is 22.1. The average molecular weight is 554 g/mol. The van der Waals surface area contributed by atoms with Gasteiger partial charge in [-0.25, -0.2) is 0 Å². The Morgan fingerprint density at radius 2 is 1.50 bits per heavy atom. The molecule has 4 nitrogen and oxygen atoms in total. The molecular weight excluding hydrogens is 492 g/mol. The highest BCUT2D eigenvalue weighted by Gasteiger charge is 2.71. The van der Waals surface area contributed by atoms with E-state index < -0.39 is 0 Å². The highest BCUT2D eigenvalue weighted by atomic mass is 16.3. The largest absolute Gasteiger partial charge is 0.396 e. The van der Waals surface area contributed by atoms with Crippen molar-refractivity contribution in [3.05, 3.63) is 12.2 Å². The van der Waals surface area contributed by atoms with E-state index in [2.05, 4.69) is 39.5 Å². The van der Waals surface area contributed by atoms with Crippen molar-refractivity contribution in [3.63, 3.8) is 0 Å². The minimum absolute atomic E-state index is 0.0198. The number of piperazine rings is 3. The van der Waals surface area contributed by atoms with Crippen molar-refractivity contribution in [2.75, 3.05) is 52.4 Å². The van der Waals surface area contributed by atoms with Gasteiger partial charge in [0.25, 0.3) is 0 Å². The molecule has 2 N–H and O–H groups in total. The first-order valence-corrected chi connectivity index (χ1v) is 17.4. The third-order valence-electron chi connectivity index (χ3n) is 16.6. The van der Waals surface area contributed by atoms with Crippen LogP contribution in [0.25, 0.3) is 0 Å². The Morgan fingerprint density at radius 3 is 2.17 bits per heavy atom. The zero-order valence-corrected chi connectivity index (χ0v) is 26.7. The fourth-order valence-corrected chi connectivity index (χ4v) is 14.0. The predicted molar refractivity (Wildman–Crippen MR) is 163 cm³/mol. The first kappa shape index (κ1) is 28.4. The zero-order valence-electron chi connectivity index (χ0n) is 26.7. The molecule has 2 bridgehead atoms. The Bertz CT molecular complexity index is 1020. The van der Waals surface area contributed by atoms with Crippen LogP contribution >= 0.6 is 0 Å². The second-order valence-electron chi connectivity index (χ2n) is 17.9. The van der Waals surface area contributed by atoms with E-state index in [1.54, 1.807) is 5.57 Å². The van der Waals surface area contributed by atoms with Gasteiger partial charge < -0.3 is 14.7 Å². The topological polar surface area (TPSA) is 43.7 Å². The molecule has 0 spiro atoms. The molecule has 3 heterocycles. The predicted octanol–water partition coefficient (Wildman–Crippen LogP) is 6.12. The Kier molecular flexibility index (Phi) is 6.42. The van der Waals surface area contributed by atoms with Crippen molar-refractivity contribution in [1.29, 1.82) is 0 Å². The van der Waals surface area contributed by atoms with Gasteiger partial charge in [-0.2, -0.15) is 0 Å². The SMILES string of the molecule is C=C(C[N+]12CCN(CC1)CC2)C1CC[C@]2(CO)CC[C@]3(C)C(CCC4[C@@]5(C)CC[C@H](O)C(C)(C)C5CC[C@]43C)C12. The van der Waals surface area contributed by atoms with Crippen LogP contribution in [0, 0.1) is 56.7 Å². The van der Waals surface area contributed by atoms with Gasteiger partial charge in [-0.05, 0) is 126 Å². The van der Waals surface area contributed by atoms with Gasteiger partial charge in [0.1, 0.15) is 6.54 Å². The number of nitrogens with zero attached hydrogens (tertiary/aromatic N) is 2. The lowest BCUT2D eigenvalue weighted by Gasteiger charge is -2.73. The summed E-state index contributed by atoms with van der Waals surface area (Å²) in [6.07, 6.45) is 12.3. The van der Waals surface area contributed by atoms with E-state index in [0.29, 0.717) is 46.5 Å². The van der Waals surface area contributed by atoms with E-state index in [1.807, 2.05) is 0 Å². The van der Waals surface area contributed by atoms with E-state index in [1.165, 1.54) is 108 Å². The van der Waals surface area contributed by atoms with E-state index in [9.17, 15) is 10.2 Å². The lowest BCUT2D eigenvalue weighted by atomic mass is 9.32. The number of aliphatic hydroxyl groups excluding tert-OH is 2. The van der Waals surface area contributed by atoms with Gasteiger partial charge in [0.05, 0.1) is 25.7 Å². The van der Waals surface area contributed by atoms with Crippen LogP contribution < -0.4 is 0 Å². The van der Waals surface area contributed by atoms with Crippen LogP contribution in [0.4, 0.5) is 0 Å². The second-order valence-corrected chi connectivity index (χ2v) is 17.9. The summed E-state index contributed by atoms with van der Waals surface area (Å²) in [7, 11) is 0. The first-order chi connectivity index (χ1) is 18.8. The summed E-state index contributed by atoms with van der Waals surface area (Å²) < 4.78 is 1.29. The molecule has 5 unspecified atom stereocenters. The van der Waals surface area contributed by atoms with E-state index in [-0.39, 0.29) is 16.9 Å². The summed E-state index contributed by atoms with van der Waals surface area (Å²) in [4.78, 5) is 2.66. The van der Waals surface area contributed by atoms with Crippen molar-refractivity contribution in [1.82, 2.24) is 4.90 Å². The minimum atomic E-state index is -0.152. The van der Waals surface area contributed by atoms with E-state index in [4.69, 9.17) is 6.58 Å². The standard InChI is InChI=1S/C36H61N2O2/c1-25(23-38-20-17-37(18-21-38)19-22-38)26-9-14-36(24-39)16-15-34(5)27(31(26)36)7-8-29-33(4)12-11-30(40)32(2,3)28(33)10-13-35(29,34)6/h26-31,39-40H,1,7-24H2,2-6H3/q+1/t26?,27?,28?,29?,30-,31?,33-,34+,35+,36+/m0/s1. The molecule has 0 aromatic rings. The highest BCUT2D eigenvalue weighted by Crippen LogP contribution is 2.77. The molecule has 3 aliphatic heterocycles. The number of quaternary nitrogens is 1. The number of hydrogen-bond acceptors (Lipinski definition) is 3. The summed E-state index contributed by atoms with van der Waals surface area (Å²) in [6.45, 7) is 27.1. The lowest BCUT2D eigenvalue weighted by molar-refractivity contribution is -0.937. The molecule has 10 atom stereocenters. The van der Waals surface area contributed by atoms with Crippen LogP contribution in [0.1, 0.15) is 98.8 Å². The van der Waals surface area contributed by atoms with Crippen molar-refractivity contribution in [2.24, 2.45) is 56.7 Å². The van der Waals surface area contributed by atoms with Crippen LogP contribution in [0.3, 0.4) is 0 Å². The molecule has 8 aliphatic rings. The Balaban J connectivity index is 1.20. The van der Waals surface area contributed by atoms with Crippen molar-refractivity contribution >= 4 is 0 Å². The summed E-state index contributed by atoms with van der Waals surface area (Å²) >= 11 is 0. The Labute approximate surface area is 245 Å². The van der Waals surface area contributed by atoms with Crippen LogP contribution in [-0.2, 0) is 0 Å². The van der Waals surface area contributed by atoms with Gasteiger partial charge >= 0.3 is 0 Å². The minimum Gasteiger partial charge on any atom is -0.396 e. The van der Waals surface area contributed by atoms with E-state index in [0.717, 1.165) is 12.3 Å². The van der Waals surface area contributed by atoms with Crippen molar-refractivity contribution < 1.29 is 14.7 Å². The van der Waals surface area contributed by atoms with Crippen LogP contribution in [-0.4, -0.2) is 78.1 Å². The molecule has 8 rings (SSSR count). The molecule has 3 saturated heterocycles. The number of aliphatic hydroxyl groups is 2. The quantitative estimate of drug-likeness (QED) is 0.325. The summed E-state index contributed by atoms with van der Waals surface area (Å²) in [5.41, 5.74) is 2.71. The van der Waals surface area contributed by atoms with Gasteiger partial charge in [-0.3, -0.25) is 4.90 Å². The van der Waals surface area contributed by atoms with E-state index >= 15 is 0 Å². The number of rotatable bonds is 4. The third-order valence-corrected chi connectivity index (χ3v) is 16.6. The molecular formula is C36H61N2O2+. The zero-order chi connectivity index (χ0) is 28.3. The number of hydrogen-bond donors (Lipinski definition) is 2. The second kappa shape index (κ2) is 9.05. The molecule has 226 valence electrons. The van der Waals surface area contributed by atoms with Crippen LogP contribution in [0.15, 0.2) is 12.2 Å². The normalized spacial score (nSPS) is 56.5.